The first-order valence-electron chi connectivity index (χ1n) is 20.6. The van der Waals surface area contributed by atoms with Gasteiger partial charge in [0.15, 0.2) is 5.82 Å². The molecule has 3 N–H and O–H groups in total. The number of carbonyl (C=O) groups is 3. The van der Waals surface area contributed by atoms with Gasteiger partial charge in [0.05, 0.1) is 46.3 Å². The Labute approximate surface area is 338 Å². The number of fused-ring (bicyclic) bond motifs is 3. The highest BCUT2D eigenvalue weighted by molar-refractivity contribution is 6.01. The monoisotopic (exact) mass is 804 g/mol. The van der Waals surface area contributed by atoms with Crippen molar-refractivity contribution >= 4 is 40.1 Å². The van der Waals surface area contributed by atoms with Crippen LogP contribution in [0.15, 0.2) is 65.6 Å². The van der Waals surface area contributed by atoms with E-state index < -0.39 is 36.1 Å². The van der Waals surface area contributed by atoms with E-state index in [2.05, 4.69) is 25.5 Å². The lowest BCUT2D eigenvalue weighted by atomic mass is 9.78. The first-order valence-corrected chi connectivity index (χ1v) is 20.6. The molecule has 1 unspecified atom stereocenters. The topological polar surface area (TPSA) is 153 Å². The standard InChI is InChI=1S/C43H46F2N10O4/c1-51-36-31(5-4-6-32(36)55(41(51)59)33-11-12-35(56)50-40(33)58)54-18-14-34(43(44,45)25-54)53-21-19-52(20-22-53)27-9-7-26(8-10-27)38-46-17-13-29(49-38)30-23-28-37(48-30)42(15-2-3-16-42)24-47-39(28)57/h4-10,13,17,23,33-34,48H,2-3,11-12,14-16,18-22,24-25H2,1H3,(H,47,57)(H,50,56,58)/t33?,34-/m1/s1. The van der Waals surface area contributed by atoms with E-state index in [1.807, 2.05) is 41.3 Å². The van der Waals surface area contributed by atoms with Crippen LogP contribution < -0.4 is 26.1 Å². The molecule has 7 heterocycles. The Morgan fingerprint density at radius 2 is 1.66 bits per heavy atom. The second kappa shape index (κ2) is 14.1. The Morgan fingerprint density at radius 3 is 2.41 bits per heavy atom. The molecule has 2 aromatic carbocycles. The number of nitrogens with one attached hydrogen (secondary N) is 3. The maximum absolute atomic E-state index is 16.2. The number of carbonyl (C=O) groups excluding carboxylic acids is 3. The number of H-pyrrole nitrogens is 1. The van der Waals surface area contributed by atoms with E-state index in [4.69, 9.17) is 4.98 Å². The second-order valence-electron chi connectivity index (χ2n) is 16.8. The van der Waals surface area contributed by atoms with Crippen molar-refractivity contribution in [2.45, 2.75) is 68.4 Å². The Hall–Kier alpha value is -5.90. The molecule has 306 valence electrons. The van der Waals surface area contributed by atoms with Crippen molar-refractivity contribution in [1.82, 2.24) is 39.6 Å². The summed E-state index contributed by atoms with van der Waals surface area (Å²) in [6, 6.07) is 15.2. The number of hydrogen-bond acceptors (Lipinski definition) is 9. The number of benzene rings is 2. The summed E-state index contributed by atoms with van der Waals surface area (Å²) in [5.74, 6) is -3.41. The lowest BCUT2D eigenvalue weighted by molar-refractivity contribution is -0.135. The average molecular weight is 805 g/mol. The van der Waals surface area contributed by atoms with Crippen molar-refractivity contribution in [1.29, 1.82) is 0 Å². The number of para-hydroxylation sites is 1. The minimum absolute atomic E-state index is 0.0340. The summed E-state index contributed by atoms with van der Waals surface area (Å²) in [7, 11) is 1.59. The SMILES string of the molecule is Cn1c(=O)n(C2CCC(=O)NC2=O)c2cccc(N3CC[C@@H](N4CCN(c5ccc(-c6nccc(-c7cc8c([nH]7)C7(CCCC7)CNC8=O)n6)cc5)CC4)C(F)(F)C3)c21. The van der Waals surface area contributed by atoms with E-state index in [-0.39, 0.29) is 36.5 Å². The number of rotatable bonds is 6. The van der Waals surface area contributed by atoms with Crippen molar-refractivity contribution in [3.63, 3.8) is 0 Å². The zero-order valence-corrected chi connectivity index (χ0v) is 32.8. The molecule has 3 saturated heterocycles. The number of anilines is 2. The minimum Gasteiger partial charge on any atom is -0.369 e. The van der Waals surface area contributed by atoms with Gasteiger partial charge < -0.3 is 20.1 Å². The number of aromatic nitrogens is 5. The van der Waals surface area contributed by atoms with Crippen LogP contribution in [-0.2, 0) is 22.1 Å². The number of aryl methyl sites for hydroxylation is 1. The van der Waals surface area contributed by atoms with Gasteiger partial charge in [0.25, 0.3) is 11.8 Å². The van der Waals surface area contributed by atoms with Crippen molar-refractivity contribution in [2.75, 3.05) is 55.6 Å². The van der Waals surface area contributed by atoms with Gasteiger partial charge >= 0.3 is 5.69 Å². The van der Waals surface area contributed by atoms with Gasteiger partial charge in [0.2, 0.25) is 11.8 Å². The first kappa shape index (κ1) is 37.4. The number of alkyl halides is 2. The Balaban J connectivity index is 0.798. The number of nitrogens with zero attached hydrogens (tertiary/aromatic N) is 7. The van der Waals surface area contributed by atoms with E-state index in [0.29, 0.717) is 67.4 Å². The van der Waals surface area contributed by atoms with Gasteiger partial charge in [-0.25, -0.2) is 23.5 Å². The van der Waals surface area contributed by atoms with Gasteiger partial charge in [-0.05, 0) is 74.2 Å². The highest BCUT2D eigenvalue weighted by Gasteiger charge is 2.49. The predicted molar refractivity (Wildman–Crippen MR) is 218 cm³/mol. The first-order chi connectivity index (χ1) is 28.5. The molecule has 1 saturated carbocycles. The van der Waals surface area contributed by atoms with E-state index in [1.165, 1.54) is 9.13 Å². The van der Waals surface area contributed by atoms with Crippen LogP contribution in [-0.4, -0.2) is 104 Å². The van der Waals surface area contributed by atoms with Gasteiger partial charge in [0, 0.05) is 81.3 Å². The van der Waals surface area contributed by atoms with Crippen LogP contribution in [0.3, 0.4) is 0 Å². The molecule has 4 aliphatic heterocycles. The summed E-state index contributed by atoms with van der Waals surface area (Å²) < 4.78 is 35.1. The Bertz CT molecular complexity index is 2550. The van der Waals surface area contributed by atoms with E-state index in [9.17, 15) is 19.2 Å². The lowest BCUT2D eigenvalue weighted by Gasteiger charge is -2.47. The number of aromatic amines is 1. The van der Waals surface area contributed by atoms with E-state index in [0.717, 1.165) is 54.0 Å². The quantitative estimate of drug-likeness (QED) is 0.213. The van der Waals surface area contributed by atoms with Crippen LogP contribution in [0.5, 0.6) is 0 Å². The predicted octanol–water partition coefficient (Wildman–Crippen LogP) is 4.36. The normalized spacial score (nSPS) is 23.1. The van der Waals surface area contributed by atoms with Crippen LogP contribution >= 0.6 is 0 Å². The Kier molecular flexibility index (Phi) is 8.96. The third kappa shape index (κ3) is 6.30. The summed E-state index contributed by atoms with van der Waals surface area (Å²) in [4.78, 5) is 69.5. The number of imidazole rings is 1. The molecule has 0 radical (unpaired) electrons. The fraction of sp³-hybridized carbons (Fsp3) is 0.442. The van der Waals surface area contributed by atoms with E-state index in [1.54, 1.807) is 36.3 Å². The molecule has 4 fully saturated rings. The van der Waals surface area contributed by atoms with Gasteiger partial charge in [0.1, 0.15) is 6.04 Å². The van der Waals surface area contributed by atoms with Crippen LogP contribution in [0.25, 0.3) is 33.8 Å². The molecule has 10 rings (SSSR count). The number of hydrogen-bond donors (Lipinski definition) is 3. The molecular formula is C43H46F2N10O4. The van der Waals surface area contributed by atoms with Crippen LogP contribution in [0.4, 0.5) is 20.2 Å². The maximum Gasteiger partial charge on any atom is 0.329 e. The minimum atomic E-state index is -3.02. The third-order valence-electron chi connectivity index (χ3n) is 13.4. The zero-order chi connectivity index (χ0) is 40.6. The zero-order valence-electron chi connectivity index (χ0n) is 32.8. The second-order valence-corrected chi connectivity index (χ2v) is 16.8. The molecule has 2 atom stereocenters. The van der Waals surface area contributed by atoms with Crippen molar-refractivity contribution < 1.29 is 23.2 Å². The highest BCUT2D eigenvalue weighted by atomic mass is 19.3. The summed E-state index contributed by atoms with van der Waals surface area (Å²) in [6.45, 7) is 2.73. The smallest absolute Gasteiger partial charge is 0.329 e. The van der Waals surface area contributed by atoms with Crippen LogP contribution in [0, 0.1) is 0 Å². The van der Waals surface area contributed by atoms with Gasteiger partial charge in [-0.3, -0.25) is 33.7 Å². The number of amides is 3. The van der Waals surface area contributed by atoms with Crippen molar-refractivity contribution in [2.24, 2.45) is 7.05 Å². The van der Waals surface area contributed by atoms with Gasteiger partial charge in [-0.2, -0.15) is 0 Å². The van der Waals surface area contributed by atoms with E-state index >= 15 is 8.78 Å². The summed E-state index contributed by atoms with van der Waals surface area (Å²) in [6.07, 6.45) is 6.71. The number of halogens is 2. The molecular weight excluding hydrogens is 759 g/mol. The average Bonchev–Trinajstić information content (AvgIpc) is 3.98. The summed E-state index contributed by atoms with van der Waals surface area (Å²) >= 11 is 0. The molecule has 16 heteroatoms. The molecule has 59 heavy (non-hydrogen) atoms. The molecule has 1 aliphatic carbocycles. The highest BCUT2D eigenvalue weighted by Crippen LogP contribution is 2.44. The summed E-state index contributed by atoms with van der Waals surface area (Å²) in [5.41, 5.74) is 6.12. The maximum atomic E-state index is 16.2. The molecule has 5 aliphatic rings. The number of piperazine rings is 1. The number of piperidine rings is 2. The van der Waals surface area contributed by atoms with Crippen molar-refractivity contribution in [3.05, 3.63) is 82.5 Å². The van der Waals surface area contributed by atoms with Crippen LogP contribution in [0.1, 0.15) is 67.0 Å². The summed E-state index contributed by atoms with van der Waals surface area (Å²) in [5, 5.41) is 5.41. The number of imide groups is 1. The van der Waals surface area contributed by atoms with Crippen LogP contribution in [0.2, 0.25) is 0 Å². The third-order valence-corrected chi connectivity index (χ3v) is 13.4. The Morgan fingerprint density at radius 1 is 0.881 bits per heavy atom. The molecule has 14 nitrogen and oxygen atoms in total. The molecule has 5 aromatic rings. The molecule has 1 spiro atoms. The molecule has 3 amide bonds. The molecule has 3 aromatic heterocycles. The lowest BCUT2D eigenvalue weighted by Crippen LogP contribution is -2.62. The van der Waals surface area contributed by atoms with Gasteiger partial charge in [-0.1, -0.05) is 18.9 Å². The molecule has 0 bridgehead atoms. The fourth-order valence-corrected chi connectivity index (χ4v) is 10.3. The van der Waals surface area contributed by atoms with Gasteiger partial charge in [-0.15, -0.1) is 0 Å². The largest absolute Gasteiger partial charge is 0.369 e. The fourth-order valence-electron chi connectivity index (χ4n) is 10.3. The van der Waals surface area contributed by atoms with Crippen molar-refractivity contribution in [3.8, 4) is 22.8 Å².